The number of aromatic hydroxyl groups is 1. The third-order valence-electron chi connectivity index (χ3n) is 4.06. The summed E-state index contributed by atoms with van der Waals surface area (Å²) in [4.78, 5) is 25.4. The first-order valence-corrected chi connectivity index (χ1v) is 9.56. The van der Waals surface area contributed by atoms with Crippen LogP contribution in [0, 0.1) is 0 Å². The number of phenolic OH excluding ortho intramolecular Hbond substituents is 1. The molecule has 0 unspecified atom stereocenters. The van der Waals surface area contributed by atoms with E-state index in [9.17, 15) is 14.7 Å². The second-order valence-electron chi connectivity index (χ2n) is 6.30. The highest BCUT2D eigenvalue weighted by molar-refractivity contribution is 8.26. The van der Waals surface area contributed by atoms with E-state index in [2.05, 4.69) is 19.3 Å². The maximum absolute atomic E-state index is 12.6. The molecular weight excluding hydrogens is 380 g/mol. The lowest BCUT2D eigenvalue weighted by molar-refractivity contribution is -0.123. The second kappa shape index (κ2) is 7.94. The molecule has 0 atom stereocenters. The molecule has 2 aromatic carbocycles. The number of carbonyl (C=O) groups is 2. The van der Waals surface area contributed by atoms with Gasteiger partial charge >= 0.3 is 0 Å². The minimum Gasteiger partial charge on any atom is -0.507 e. The Morgan fingerprint density at radius 3 is 2.48 bits per heavy atom. The summed E-state index contributed by atoms with van der Waals surface area (Å²) in [7, 11) is 0. The van der Waals surface area contributed by atoms with Crippen molar-refractivity contribution in [2.24, 2.45) is 0 Å². The van der Waals surface area contributed by atoms with Crippen molar-refractivity contribution in [3.8, 4) is 5.75 Å². The molecule has 27 heavy (non-hydrogen) atoms. The van der Waals surface area contributed by atoms with Gasteiger partial charge in [0.2, 0.25) is 0 Å². The first kappa shape index (κ1) is 19.1. The summed E-state index contributed by atoms with van der Waals surface area (Å²) < 4.78 is 0.230. The number of benzene rings is 2. The molecule has 1 aliphatic rings. The molecule has 138 valence electrons. The molecule has 1 saturated heterocycles. The highest BCUT2D eigenvalue weighted by Gasteiger charge is 2.34. The molecule has 1 heterocycles. The number of nitrogens with one attached hydrogen (secondary N) is 1. The number of amides is 2. The molecule has 0 radical (unpaired) electrons. The van der Waals surface area contributed by atoms with Gasteiger partial charge in [-0.3, -0.25) is 15.0 Å². The Morgan fingerprint density at radius 1 is 1.19 bits per heavy atom. The van der Waals surface area contributed by atoms with E-state index in [-0.39, 0.29) is 15.6 Å². The van der Waals surface area contributed by atoms with Gasteiger partial charge in [0, 0.05) is 0 Å². The van der Waals surface area contributed by atoms with Crippen LogP contribution in [0.1, 0.15) is 41.3 Å². The normalized spacial score (nSPS) is 15.7. The zero-order chi connectivity index (χ0) is 19.6. The summed E-state index contributed by atoms with van der Waals surface area (Å²) >= 11 is 6.34. The standard InChI is InChI=1S/C20H18N2O3S2/c1-12(2)14-9-7-13(8-10-14)11-17-19(25)22(20(26)27-17)21-18(24)15-5-3-4-6-16(15)23/h3-12,23H,1-2H3,(H,21,24)/b17-11-. The van der Waals surface area contributed by atoms with Crippen LogP contribution in [0.3, 0.4) is 0 Å². The van der Waals surface area contributed by atoms with E-state index in [1.165, 1.54) is 17.7 Å². The molecule has 0 aliphatic carbocycles. The maximum Gasteiger partial charge on any atom is 0.285 e. The molecule has 7 heteroatoms. The first-order valence-electron chi connectivity index (χ1n) is 8.33. The zero-order valence-electron chi connectivity index (χ0n) is 14.8. The van der Waals surface area contributed by atoms with E-state index in [0.29, 0.717) is 10.8 Å². The van der Waals surface area contributed by atoms with E-state index in [4.69, 9.17) is 12.2 Å². The summed E-state index contributed by atoms with van der Waals surface area (Å²) in [6.45, 7) is 4.24. The van der Waals surface area contributed by atoms with Crippen LogP contribution in [0.2, 0.25) is 0 Å². The van der Waals surface area contributed by atoms with Crippen LogP contribution in [0.5, 0.6) is 5.75 Å². The molecule has 0 spiro atoms. The SMILES string of the molecule is CC(C)c1ccc(/C=C2\SC(=S)N(NC(=O)c3ccccc3O)C2=O)cc1. The van der Waals surface area contributed by atoms with Gasteiger partial charge in [-0.2, -0.15) is 5.01 Å². The largest absolute Gasteiger partial charge is 0.507 e. The Kier molecular flexibility index (Phi) is 5.62. The topological polar surface area (TPSA) is 69.6 Å². The van der Waals surface area contributed by atoms with Gasteiger partial charge < -0.3 is 5.11 Å². The first-order chi connectivity index (χ1) is 12.9. The number of rotatable bonds is 4. The van der Waals surface area contributed by atoms with Gasteiger partial charge in [-0.25, -0.2) is 0 Å². The number of hydrogen-bond donors (Lipinski definition) is 2. The number of thioether (sulfide) groups is 1. The predicted molar refractivity (Wildman–Crippen MR) is 111 cm³/mol. The maximum atomic E-state index is 12.6. The van der Waals surface area contributed by atoms with Crippen molar-refractivity contribution >= 4 is 46.2 Å². The van der Waals surface area contributed by atoms with Crippen LogP contribution in [-0.4, -0.2) is 26.3 Å². The Balaban J connectivity index is 1.76. The fourth-order valence-corrected chi connectivity index (χ4v) is 3.70. The minimum atomic E-state index is -0.605. The molecule has 2 N–H and O–H groups in total. The number of nitrogens with zero attached hydrogens (tertiary/aromatic N) is 1. The van der Waals surface area contributed by atoms with Crippen molar-refractivity contribution in [2.75, 3.05) is 0 Å². The molecule has 0 aromatic heterocycles. The molecule has 1 aliphatic heterocycles. The number of thiocarbonyl (C=S) groups is 1. The van der Waals surface area contributed by atoms with Crippen molar-refractivity contribution in [1.82, 2.24) is 10.4 Å². The van der Waals surface area contributed by atoms with E-state index >= 15 is 0 Å². The van der Waals surface area contributed by atoms with Gasteiger partial charge in [0.05, 0.1) is 10.5 Å². The number of hydrogen-bond acceptors (Lipinski definition) is 5. The van der Waals surface area contributed by atoms with E-state index in [1.54, 1.807) is 18.2 Å². The zero-order valence-corrected chi connectivity index (χ0v) is 16.4. The van der Waals surface area contributed by atoms with E-state index < -0.39 is 11.8 Å². The highest BCUT2D eigenvalue weighted by atomic mass is 32.2. The van der Waals surface area contributed by atoms with Gasteiger partial charge in [0.1, 0.15) is 5.75 Å². The monoisotopic (exact) mass is 398 g/mol. The Labute approximate surface area is 167 Å². The van der Waals surface area contributed by atoms with Crippen LogP contribution in [0.25, 0.3) is 6.08 Å². The predicted octanol–water partition coefficient (Wildman–Crippen LogP) is 4.06. The fraction of sp³-hybridized carbons (Fsp3) is 0.150. The lowest BCUT2D eigenvalue weighted by atomic mass is 10.0. The fourth-order valence-electron chi connectivity index (χ4n) is 2.52. The molecule has 2 aromatic rings. The molecular formula is C20H18N2O3S2. The van der Waals surface area contributed by atoms with Gasteiger partial charge in [-0.15, -0.1) is 0 Å². The van der Waals surface area contributed by atoms with Crippen molar-refractivity contribution in [2.45, 2.75) is 19.8 Å². The van der Waals surface area contributed by atoms with Gasteiger partial charge in [0.15, 0.2) is 4.32 Å². The summed E-state index contributed by atoms with van der Waals surface area (Å²) in [5.41, 5.74) is 4.63. The minimum absolute atomic E-state index is 0.0693. The van der Waals surface area contributed by atoms with Crippen LogP contribution in [-0.2, 0) is 4.79 Å². The van der Waals surface area contributed by atoms with E-state index in [0.717, 1.165) is 22.3 Å². The number of phenols is 1. The summed E-state index contributed by atoms with van der Waals surface area (Å²) in [5.74, 6) is -0.739. The number of hydrazine groups is 1. The number of carbonyl (C=O) groups excluding carboxylic acids is 2. The lowest BCUT2D eigenvalue weighted by Crippen LogP contribution is -2.44. The van der Waals surface area contributed by atoms with Gasteiger partial charge in [-0.1, -0.05) is 62.0 Å². The third kappa shape index (κ3) is 4.20. The Morgan fingerprint density at radius 2 is 1.85 bits per heavy atom. The van der Waals surface area contributed by atoms with Crippen LogP contribution >= 0.6 is 24.0 Å². The molecule has 2 amide bonds. The lowest BCUT2D eigenvalue weighted by Gasteiger charge is -2.16. The molecule has 3 rings (SSSR count). The van der Waals surface area contributed by atoms with Gasteiger partial charge in [0.25, 0.3) is 11.8 Å². The van der Waals surface area contributed by atoms with Crippen LogP contribution in [0.4, 0.5) is 0 Å². The Hall–Kier alpha value is -2.64. The van der Waals surface area contributed by atoms with Crippen molar-refractivity contribution in [1.29, 1.82) is 0 Å². The Bertz CT molecular complexity index is 936. The average molecular weight is 399 g/mol. The summed E-state index contributed by atoms with van der Waals surface area (Å²) in [6.07, 6.45) is 1.75. The van der Waals surface area contributed by atoms with Crippen LogP contribution in [0.15, 0.2) is 53.4 Å². The van der Waals surface area contributed by atoms with Gasteiger partial charge in [-0.05, 0) is 47.5 Å². The molecule has 0 saturated carbocycles. The highest BCUT2D eigenvalue weighted by Crippen LogP contribution is 2.32. The summed E-state index contributed by atoms with van der Waals surface area (Å²) in [5, 5.41) is 10.8. The van der Waals surface area contributed by atoms with Crippen molar-refractivity contribution < 1.29 is 14.7 Å². The quantitative estimate of drug-likeness (QED) is 0.600. The van der Waals surface area contributed by atoms with Crippen molar-refractivity contribution in [3.63, 3.8) is 0 Å². The second-order valence-corrected chi connectivity index (χ2v) is 7.97. The molecule has 1 fully saturated rings. The van der Waals surface area contributed by atoms with E-state index in [1.807, 2.05) is 24.3 Å². The molecule has 0 bridgehead atoms. The number of para-hydroxylation sites is 1. The smallest absolute Gasteiger partial charge is 0.285 e. The van der Waals surface area contributed by atoms with Crippen molar-refractivity contribution in [3.05, 3.63) is 70.1 Å². The summed E-state index contributed by atoms with van der Waals surface area (Å²) in [6, 6.07) is 14.0. The average Bonchev–Trinajstić information content (AvgIpc) is 2.90. The van der Waals surface area contributed by atoms with Crippen LogP contribution < -0.4 is 5.43 Å². The third-order valence-corrected chi connectivity index (χ3v) is 5.36. The molecule has 5 nitrogen and oxygen atoms in total.